The summed E-state index contributed by atoms with van der Waals surface area (Å²) in [5.74, 6) is 1.29. The third-order valence-corrected chi connectivity index (χ3v) is 11.8. The molecular weight excluding hydrogens is 896 g/mol. The minimum atomic E-state index is -4.57. The van der Waals surface area contributed by atoms with Gasteiger partial charge in [-0.2, -0.15) is 25.3 Å². The summed E-state index contributed by atoms with van der Waals surface area (Å²) in [7, 11) is 0. The standard InChI is InChI=1S/C55H50F3N4O.Pd/c1-52(2,3)35-25-26-59-51(31-35)62-49-30-36(55(56,57)58)21-23-45(49)43-17-10-11-18-44(43)46-24-22-42(33-50(46)62)63-41-16-14-15-39(32-41)60-34-61(48-20-13-12-19-47(48)60)40-28-37(53(4,5)6)27-38(29-40)54(7,8)9;/h10-31,34H,1-9H3;/q-3;. The maximum atomic E-state index is 14.5. The van der Waals surface area contributed by atoms with Crippen LogP contribution in [0.4, 0.5) is 53.1 Å². The Labute approximate surface area is 389 Å². The van der Waals surface area contributed by atoms with Crippen molar-refractivity contribution in [2.24, 2.45) is 0 Å². The molecule has 9 heteroatoms. The number of anilines is 7. The molecule has 0 amide bonds. The van der Waals surface area contributed by atoms with Crippen LogP contribution in [0.25, 0.3) is 22.3 Å². The first-order chi connectivity index (χ1) is 29.7. The number of aromatic nitrogens is 1. The van der Waals surface area contributed by atoms with Gasteiger partial charge in [0.1, 0.15) is 5.82 Å². The fraction of sp³-hybridized carbons (Fsp3) is 0.236. The molecule has 330 valence electrons. The van der Waals surface area contributed by atoms with E-state index in [2.05, 4.69) is 127 Å². The Morgan fingerprint density at radius 3 is 1.75 bits per heavy atom. The maximum absolute atomic E-state index is 14.5. The van der Waals surface area contributed by atoms with E-state index in [4.69, 9.17) is 9.72 Å². The summed E-state index contributed by atoms with van der Waals surface area (Å²) < 4.78 is 50.1. The molecule has 0 saturated heterocycles. The predicted molar refractivity (Wildman–Crippen MR) is 250 cm³/mol. The second-order valence-corrected chi connectivity index (χ2v) is 19.5. The van der Waals surface area contributed by atoms with Crippen molar-refractivity contribution in [2.75, 3.05) is 14.7 Å². The molecule has 0 fully saturated rings. The van der Waals surface area contributed by atoms with Gasteiger partial charge >= 0.3 is 6.18 Å². The number of rotatable bonds is 5. The number of pyridine rings is 1. The van der Waals surface area contributed by atoms with Crippen molar-refractivity contribution in [3.8, 4) is 33.8 Å². The number of benzene rings is 6. The van der Waals surface area contributed by atoms with E-state index in [0.29, 0.717) is 34.3 Å². The van der Waals surface area contributed by atoms with Crippen molar-refractivity contribution in [1.82, 2.24) is 4.98 Å². The Morgan fingerprint density at radius 2 is 1.11 bits per heavy atom. The van der Waals surface area contributed by atoms with Crippen LogP contribution in [0, 0.1) is 18.8 Å². The number of nitrogens with zero attached hydrogens (tertiary/aromatic N) is 4. The van der Waals surface area contributed by atoms with Crippen LogP contribution in [0.2, 0.25) is 0 Å². The van der Waals surface area contributed by atoms with Crippen LogP contribution in [-0.2, 0) is 42.8 Å². The van der Waals surface area contributed by atoms with E-state index in [0.717, 1.165) is 51.1 Å². The number of alkyl halides is 3. The van der Waals surface area contributed by atoms with Crippen LogP contribution in [0.1, 0.15) is 84.6 Å². The van der Waals surface area contributed by atoms with Crippen LogP contribution in [0.15, 0.2) is 134 Å². The summed E-state index contributed by atoms with van der Waals surface area (Å²) in [4.78, 5) is 10.9. The first-order valence-corrected chi connectivity index (χ1v) is 21.3. The minimum Gasteiger partial charge on any atom is -0.509 e. The SMILES string of the molecule is CC(C)(C)c1cc(N2[CH-]N(c3[c-]c(Oc4[c-]c5c(cc4)-c4ccccc4-c4ccc(C(F)(F)F)cc4N5c4cc(C(C)(C)C)ccn4)ccc3)c3ccccc32)cc(C(C)(C)C)c1.[Pd]. The first kappa shape index (κ1) is 44.7. The number of fused-ring (bicyclic) bond motifs is 6. The van der Waals surface area contributed by atoms with Crippen LogP contribution in [0.5, 0.6) is 11.5 Å². The van der Waals surface area contributed by atoms with Crippen LogP contribution >= 0.6 is 0 Å². The third-order valence-electron chi connectivity index (χ3n) is 11.8. The number of hydrogen-bond donors (Lipinski definition) is 0. The summed E-state index contributed by atoms with van der Waals surface area (Å²) in [5, 5.41) is 0. The fourth-order valence-corrected chi connectivity index (χ4v) is 8.24. The summed E-state index contributed by atoms with van der Waals surface area (Å²) in [5.41, 5.74) is 10.2. The zero-order chi connectivity index (χ0) is 44.6. The Balaban J connectivity index is 0.00000560. The van der Waals surface area contributed by atoms with Crippen molar-refractivity contribution in [1.29, 1.82) is 0 Å². The second-order valence-electron chi connectivity index (χ2n) is 19.5. The van der Waals surface area contributed by atoms with E-state index in [1.165, 1.54) is 17.2 Å². The molecule has 0 spiro atoms. The Hall–Kier alpha value is -5.88. The molecule has 2 aliphatic heterocycles. The van der Waals surface area contributed by atoms with Gasteiger partial charge < -0.3 is 19.4 Å². The quantitative estimate of drug-likeness (QED) is 0.127. The van der Waals surface area contributed by atoms with Gasteiger partial charge in [0.05, 0.1) is 11.3 Å². The number of para-hydroxylation sites is 2. The Kier molecular flexibility index (Phi) is 11.4. The van der Waals surface area contributed by atoms with E-state index in [1.807, 2.05) is 72.8 Å². The van der Waals surface area contributed by atoms with Crippen molar-refractivity contribution < 1.29 is 38.3 Å². The van der Waals surface area contributed by atoms with Crippen molar-refractivity contribution in [3.05, 3.63) is 175 Å². The molecule has 0 unspecified atom stereocenters. The fourth-order valence-electron chi connectivity index (χ4n) is 8.24. The third kappa shape index (κ3) is 8.44. The van der Waals surface area contributed by atoms with E-state index in [9.17, 15) is 13.2 Å². The van der Waals surface area contributed by atoms with E-state index in [-0.39, 0.29) is 36.7 Å². The molecular formula is C55H50F3N4OPd-3. The molecule has 64 heavy (non-hydrogen) atoms. The summed E-state index contributed by atoms with van der Waals surface area (Å²) >= 11 is 0. The number of hydrogen-bond acceptors (Lipinski definition) is 5. The van der Waals surface area contributed by atoms with Gasteiger partial charge in [-0.1, -0.05) is 122 Å². The van der Waals surface area contributed by atoms with E-state index >= 15 is 0 Å². The smallest absolute Gasteiger partial charge is 0.416 e. The molecule has 0 radical (unpaired) electrons. The molecule has 6 aromatic carbocycles. The Morgan fingerprint density at radius 1 is 0.516 bits per heavy atom. The topological polar surface area (TPSA) is 31.8 Å². The van der Waals surface area contributed by atoms with Gasteiger partial charge in [0.2, 0.25) is 0 Å². The molecule has 1 aromatic heterocycles. The first-order valence-electron chi connectivity index (χ1n) is 21.3. The zero-order valence-electron chi connectivity index (χ0n) is 37.4. The molecule has 0 aliphatic carbocycles. The van der Waals surface area contributed by atoms with Gasteiger partial charge in [0, 0.05) is 60.7 Å². The van der Waals surface area contributed by atoms with Crippen LogP contribution in [0.3, 0.4) is 0 Å². The summed E-state index contributed by atoms with van der Waals surface area (Å²) in [6.45, 7) is 21.9. The molecule has 0 N–H and O–H groups in total. The van der Waals surface area contributed by atoms with Gasteiger partial charge in [0.15, 0.2) is 0 Å². The van der Waals surface area contributed by atoms with Crippen molar-refractivity contribution in [2.45, 2.75) is 84.7 Å². The van der Waals surface area contributed by atoms with Crippen LogP contribution < -0.4 is 19.4 Å². The Bertz CT molecular complexity index is 2850. The van der Waals surface area contributed by atoms with Gasteiger partial charge in [-0.3, -0.25) is 0 Å². The van der Waals surface area contributed by atoms with Gasteiger partial charge in [0.25, 0.3) is 0 Å². The van der Waals surface area contributed by atoms with E-state index in [1.54, 1.807) is 17.2 Å². The molecule has 7 aromatic rings. The van der Waals surface area contributed by atoms with Gasteiger partial charge in [-0.05, 0) is 87.0 Å². The predicted octanol–water partition coefficient (Wildman–Crippen LogP) is 15.9. The van der Waals surface area contributed by atoms with E-state index < -0.39 is 11.7 Å². The van der Waals surface area contributed by atoms with Crippen LogP contribution in [-0.4, -0.2) is 4.98 Å². The van der Waals surface area contributed by atoms with Gasteiger partial charge in [-0.25, -0.2) is 4.98 Å². The minimum absolute atomic E-state index is 0. The number of halogens is 3. The zero-order valence-corrected chi connectivity index (χ0v) is 39.0. The maximum Gasteiger partial charge on any atom is 0.416 e. The van der Waals surface area contributed by atoms with Gasteiger partial charge in [-0.15, -0.1) is 48.3 Å². The normalized spacial score (nSPS) is 13.7. The molecule has 0 bridgehead atoms. The average Bonchev–Trinajstić information content (AvgIpc) is 3.57. The average molecular weight is 946 g/mol. The summed E-state index contributed by atoms with van der Waals surface area (Å²) in [6, 6.07) is 47.3. The molecule has 3 heterocycles. The molecule has 0 saturated carbocycles. The monoisotopic (exact) mass is 945 g/mol. The summed E-state index contributed by atoms with van der Waals surface area (Å²) in [6.07, 6.45) is -2.86. The molecule has 5 nitrogen and oxygen atoms in total. The van der Waals surface area contributed by atoms with Crippen molar-refractivity contribution >= 4 is 39.9 Å². The largest absolute Gasteiger partial charge is 0.509 e. The molecule has 9 rings (SSSR count). The number of ether oxygens (including phenoxy) is 1. The second kappa shape index (κ2) is 16.3. The molecule has 2 aliphatic rings. The van der Waals surface area contributed by atoms with Crippen molar-refractivity contribution in [3.63, 3.8) is 0 Å². The molecule has 0 atom stereocenters.